The molecule has 0 saturated heterocycles. The van der Waals surface area contributed by atoms with Gasteiger partial charge in [-0.2, -0.15) is 0 Å². The van der Waals surface area contributed by atoms with Crippen LogP contribution in [0.4, 0.5) is 5.69 Å². The largest absolute Gasteiger partial charge is 0.495 e. The molecule has 0 aromatic heterocycles. The van der Waals surface area contributed by atoms with E-state index >= 15 is 0 Å². The van der Waals surface area contributed by atoms with Gasteiger partial charge in [0, 0.05) is 0 Å². The maximum absolute atomic E-state index is 9.56. The average molecular weight is 237 g/mol. The van der Waals surface area contributed by atoms with Crippen LogP contribution in [0.15, 0.2) is 24.3 Å². The van der Waals surface area contributed by atoms with Gasteiger partial charge in [0.25, 0.3) is 0 Å². The van der Waals surface area contributed by atoms with Crippen molar-refractivity contribution in [3.63, 3.8) is 0 Å². The van der Waals surface area contributed by atoms with Crippen molar-refractivity contribution in [2.45, 2.75) is 32.7 Å². The normalized spacial score (nSPS) is 14.5. The van der Waals surface area contributed by atoms with Crippen LogP contribution in [0.3, 0.4) is 0 Å². The van der Waals surface area contributed by atoms with E-state index in [1.54, 1.807) is 7.11 Å². The fraction of sp³-hybridized carbons (Fsp3) is 0.571. The molecule has 0 radical (unpaired) electrons. The highest BCUT2D eigenvalue weighted by Crippen LogP contribution is 2.29. The maximum Gasteiger partial charge on any atom is 0.141 e. The molecule has 0 heterocycles. The average Bonchev–Trinajstić information content (AvgIpc) is 2.28. The first-order valence-electron chi connectivity index (χ1n) is 6.03. The number of para-hydroxylation sites is 2. The molecule has 2 N–H and O–H groups in total. The molecule has 0 aliphatic heterocycles. The monoisotopic (exact) mass is 237 g/mol. The molecule has 0 aliphatic carbocycles. The fourth-order valence-corrected chi connectivity index (χ4v) is 2.13. The van der Waals surface area contributed by atoms with Crippen LogP contribution in [0.2, 0.25) is 0 Å². The molecule has 0 saturated carbocycles. The molecule has 1 aromatic rings. The number of hydrogen-bond acceptors (Lipinski definition) is 3. The van der Waals surface area contributed by atoms with E-state index in [1.165, 1.54) is 0 Å². The van der Waals surface area contributed by atoms with E-state index in [4.69, 9.17) is 4.74 Å². The number of methoxy groups -OCH3 is 1. The van der Waals surface area contributed by atoms with Gasteiger partial charge in [-0.1, -0.05) is 26.0 Å². The summed E-state index contributed by atoms with van der Waals surface area (Å²) in [7, 11) is 1.65. The zero-order valence-corrected chi connectivity index (χ0v) is 11.2. The number of benzene rings is 1. The van der Waals surface area contributed by atoms with Gasteiger partial charge in [0.1, 0.15) is 5.75 Å². The lowest BCUT2D eigenvalue weighted by molar-refractivity contribution is 0.202. The molecular weight excluding hydrogens is 214 g/mol. The smallest absolute Gasteiger partial charge is 0.141 e. The summed E-state index contributed by atoms with van der Waals surface area (Å²) >= 11 is 0. The van der Waals surface area contributed by atoms with Gasteiger partial charge in [0.15, 0.2) is 0 Å². The van der Waals surface area contributed by atoms with Crippen LogP contribution in [0.25, 0.3) is 0 Å². The number of nitrogens with one attached hydrogen (secondary N) is 1. The van der Waals surface area contributed by atoms with Gasteiger partial charge in [-0.15, -0.1) is 0 Å². The van der Waals surface area contributed by atoms with Crippen LogP contribution in [-0.4, -0.2) is 24.4 Å². The second-order valence-electron chi connectivity index (χ2n) is 5.14. The Labute approximate surface area is 104 Å². The van der Waals surface area contributed by atoms with E-state index in [0.717, 1.165) is 17.9 Å². The highest BCUT2D eigenvalue weighted by Gasteiger charge is 2.25. The summed E-state index contributed by atoms with van der Waals surface area (Å²) in [4.78, 5) is 0. The van der Waals surface area contributed by atoms with Crippen molar-refractivity contribution in [3.05, 3.63) is 24.3 Å². The lowest BCUT2D eigenvalue weighted by atomic mass is 9.91. The Kier molecular flexibility index (Phi) is 4.82. The standard InChI is InChI=1S/C14H23NO2/c1-11(2)9-14(3,10-16)15-12-7-5-6-8-13(12)17-4/h5-8,11,15-16H,9-10H2,1-4H3. The van der Waals surface area contributed by atoms with E-state index in [1.807, 2.05) is 31.2 Å². The van der Waals surface area contributed by atoms with Crippen LogP contribution in [-0.2, 0) is 0 Å². The SMILES string of the molecule is COc1ccccc1NC(C)(CO)CC(C)C. The number of aliphatic hydroxyl groups is 1. The predicted molar refractivity (Wildman–Crippen MR) is 71.6 cm³/mol. The minimum atomic E-state index is -0.317. The Bertz CT molecular complexity index is 352. The predicted octanol–water partition coefficient (Wildman–Crippen LogP) is 2.90. The summed E-state index contributed by atoms with van der Waals surface area (Å²) in [6, 6.07) is 7.77. The molecule has 1 atom stereocenters. The van der Waals surface area contributed by atoms with Gasteiger partial charge in [0.2, 0.25) is 0 Å². The quantitative estimate of drug-likeness (QED) is 0.799. The Morgan fingerprint density at radius 2 is 2.00 bits per heavy atom. The van der Waals surface area contributed by atoms with E-state index in [9.17, 15) is 5.11 Å². The van der Waals surface area contributed by atoms with Crippen molar-refractivity contribution >= 4 is 5.69 Å². The third-order valence-electron chi connectivity index (χ3n) is 2.75. The molecule has 0 fully saturated rings. The van der Waals surface area contributed by atoms with Crippen LogP contribution in [0.5, 0.6) is 5.75 Å². The van der Waals surface area contributed by atoms with Gasteiger partial charge < -0.3 is 15.2 Å². The summed E-state index contributed by atoms with van der Waals surface area (Å²) in [5.74, 6) is 1.32. The van der Waals surface area contributed by atoms with Crippen molar-refractivity contribution in [2.75, 3.05) is 19.0 Å². The number of aliphatic hydroxyl groups excluding tert-OH is 1. The third kappa shape index (κ3) is 3.93. The van der Waals surface area contributed by atoms with Crippen LogP contribution in [0.1, 0.15) is 27.2 Å². The Balaban J connectivity index is 2.86. The molecule has 1 rings (SSSR count). The molecule has 3 heteroatoms. The van der Waals surface area contributed by atoms with E-state index in [2.05, 4.69) is 19.2 Å². The van der Waals surface area contributed by atoms with Crippen molar-refractivity contribution in [1.29, 1.82) is 0 Å². The van der Waals surface area contributed by atoms with Gasteiger partial charge in [-0.05, 0) is 31.4 Å². The molecule has 1 unspecified atom stereocenters. The van der Waals surface area contributed by atoms with Gasteiger partial charge in [0.05, 0.1) is 24.9 Å². The van der Waals surface area contributed by atoms with Crippen molar-refractivity contribution < 1.29 is 9.84 Å². The first kappa shape index (κ1) is 13.8. The summed E-state index contributed by atoms with van der Waals surface area (Å²) in [5.41, 5.74) is 0.607. The number of hydrogen-bond donors (Lipinski definition) is 2. The molecule has 0 aliphatic rings. The summed E-state index contributed by atoms with van der Waals surface area (Å²) in [6.07, 6.45) is 0.904. The van der Waals surface area contributed by atoms with Crippen molar-refractivity contribution in [1.82, 2.24) is 0 Å². The van der Waals surface area contributed by atoms with Crippen LogP contribution < -0.4 is 10.1 Å². The Hall–Kier alpha value is -1.22. The maximum atomic E-state index is 9.56. The molecule has 17 heavy (non-hydrogen) atoms. The minimum absolute atomic E-state index is 0.100. The second-order valence-corrected chi connectivity index (χ2v) is 5.14. The molecule has 0 amide bonds. The first-order chi connectivity index (χ1) is 8.00. The lowest BCUT2D eigenvalue weighted by Gasteiger charge is -2.32. The third-order valence-corrected chi connectivity index (χ3v) is 2.75. The van der Waals surface area contributed by atoms with Gasteiger partial charge >= 0.3 is 0 Å². The minimum Gasteiger partial charge on any atom is -0.495 e. The van der Waals surface area contributed by atoms with Gasteiger partial charge in [-0.25, -0.2) is 0 Å². The fourth-order valence-electron chi connectivity index (χ4n) is 2.13. The Morgan fingerprint density at radius 3 is 2.53 bits per heavy atom. The molecule has 0 spiro atoms. The zero-order chi connectivity index (χ0) is 12.9. The highest BCUT2D eigenvalue weighted by molar-refractivity contribution is 5.57. The van der Waals surface area contributed by atoms with E-state index in [-0.39, 0.29) is 12.1 Å². The number of ether oxygens (including phenoxy) is 1. The topological polar surface area (TPSA) is 41.5 Å². The van der Waals surface area contributed by atoms with E-state index in [0.29, 0.717) is 5.92 Å². The molecule has 3 nitrogen and oxygen atoms in total. The van der Waals surface area contributed by atoms with Crippen molar-refractivity contribution in [2.24, 2.45) is 5.92 Å². The molecular formula is C14H23NO2. The van der Waals surface area contributed by atoms with Gasteiger partial charge in [-0.3, -0.25) is 0 Å². The lowest BCUT2D eigenvalue weighted by Crippen LogP contribution is -2.40. The molecule has 96 valence electrons. The highest BCUT2D eigenvalue weighted by atomic mass is 16.5. The number of anilines is 1. The molecule has 1 aromatic carbocycles. The summed E-state index contributed by atoms with van der Waals surface area (Å²) < 4.78 is 5.30. The van der Waals surface area contributed by atoms with Crippen molar-refractivity contribution in [3.8, 4) is 5.75 Å². The number of rotatable bonds is 6. The first-order valence-corrected chi connectivity index (χ1v) is 6.03. The Morgan fingerprint density at radius 1 is 1.35 bits per heavy atom. The molecule has 0 bridgehead atoms. The van der Waals surface area contributed by atoms with E-state index < -0.39 is 0 Å². The van der Waals surface area contributed by atoms with Crippen LogP contribution in [0, 0.1) is 5.92 Å². The second kappa shape index (κ2) is 5.92. The zero-order valence-electron chi connectivity index (χ0n) is 11.2. The summed E-state index contributed by atoms with van der Waals surface area (Å²) in [5, 5.41) is 12.9. The van der Waals surface area contributed by atoms with Crippen LogP contribution >= 0.6 is 0 Å². The summed E-state index contributed by atoms with van der Waals surface area (Å²) in [6.45, 7) is 6.43.